The van der Waals surface area contributed by atoms with Gasteiger partial charge in [0.15, 0.2) is 0 Å². The molecule has 4 aromatic carbocycles. The van der Waals surface area contributed by atoms with E-state index in [9.17, 15) is 0 Å². The monoisotopic (exact) mass is 478 g/mol. The highest BCUT2D eigenvalue weighted by Gasteiger charge is 2.36. The van der Waals surface area contributed by atoms with Crippen molar-refractivity contribution in [3.8, 4) is 23.0 Å². The second-order valence-electron chi connectivity index (χ2n) is 9.95. The van der Waals surface area contributed by atoms with E-state index < -0.39 is 0 Å². The van der Waals surface area contributed by atoms with E-state index in [2.05, 4.69) is 50.2 Å². The van der Waals surface area contributed by atoms with Gasteiger partial charge < -0.3 is 20.9 Å². The summed E-state index contributed by atoms with van der Waals surface area (Å²) in [7, 11) is 0. The van der Waals surface area contributed by atoms with Crippen molar-refractivity contribution in [2.24, 2.45) is 0 Å². The number of hydrogen-bond donors (Lipinski definition) is 2. The van der Waals surface area contributed by atoms with Gasteiger partial charge in [0.05, 0.1) is 0 Å². The van der Waals surface area contributed by atoms with Crippen LogP contribution in [0.1, 0.15) is 54.4 Å². The fraction of sp³-hybridized carbons (Fsp3) is 0.250. The smallest absolute Gasteiger partial charge is 0.130 e. The van der Waals surface area contributed by atoms with Crippen molar-refractivity contribution in [3.05, 3.63) is 107 Å². The molecule has 4 heteroatoms. The lowest BCUT2D eigenvalue weighted by Gasteiger charge is -2.39. The van der Waals surface area contributed by atoms with E-state index in [-0.39, 0.29) is 5.41 Å². The zero-order valence-corrected chi connectivity index (χ0v) is 21.1. The molecule has 0 bridgehead atoms. The summed E-state index contributed by atoms with van der Waals surface area (Å²) >= 11 is 0. The maximum absolute atomic E-state index is 6.16. The van der Waals surface area contributed by atoms with Crippen LogP contribution in [0.25, 0.3) is 0 Å². The minimum Gasteiger partial charge on any atom is -0.457 e. The lowest BCUT2D eigenvalue weighted by molar-refractivity contribution is 0.345. The largest absolute Gasteiger partial charge is 0.457 e. The molecule has 36 heavy (non-hydrogen) atoms. The molecular weight excluding hydrogens is 444 g/mol. The van der Waals surface area contributed by atoms with Crippen molar-refractivity contribution in [1.82, 2.24) is 0 Å². The molecule has 5 rings (SSSR count). The van der Waals surface area contributed by atoms with Gasteiger partial charge in [0.1, 0.15) is 23.0 Å². The van der Waals surface area contributed by atoms with Gasteiger partial charge in [0.25, 0.3) is 0 Å². The number of ether oxygens (including phenoxy) is 2. The molecule has 4 nitrogen and oxygen atoms in total. The third-order valence-electron chi connectivity index (χ3n) is 7.38. The third-order valence-corrected chi connectivity index (χ3v) is 7.38. The third kappa shape index (κ3) is 4.90. The summed E-state index contributed by atoms with van der Waals surface area (Å²) < 4.78 is 12.3. The second kappa shape index (κ2) is 9.98. The number of benzene rings is 4. The van der Waals surface area contributed by atoms with Crippen molar-refractivity contribution in [3.63, 3.8) is 0 Å². The Balaban J connectivity index is 1.45. The highest BCUT2D eigenvalue weighted by atomic mass is 16.5. The zero-order valence-electron chi connectivity index (χ0n) is 21.1. The van der Waals surface area contributed by atoms with Gasteiger partial charge in [-0.3, -0.25) is 0 Å². The van der Waals surface area contributed by atoms with Gasteiger partial charge in [-0.25, -0.2) is 0 Å². The molecule has 1 saturated carbocycles. The zero-order chi connectivity index (χ0) is 25.1. The van der Waals surface area contributed by atoms with E-state index in [0.29, 0.717) is 0 Å². The van der Waals surface area contributed by atoms with Gasteiger partial charge in [0, 0.05) is 16.8 Å². The molecule has 0 heterocycles. The standard InChI is InChI=1S/C32H34N2O2/c1-22-20-24(6-16-30(22)35-28-12-8-26(33)9-13-28)32(18-4-3-5-19-32)25-7-17-31(23(2)21-25)36-29-14-10-27(34)11-15-29/h6-17,20-21H,3-5,18-19,33-34H2,1-2H3. The number of aryl methyl sites for hydroxylation is 2. The molecule has 0 aliphatic heterocycles. The van der Waals surface area contributed by atoms with Crippen LogP contribution in [0.2, 0.25) is 0 Å². The van der Waals surface area contributed by atoms with E-state index in [1.54, 1.807) is 0 Å². The Morgan fingerprint density at radius 1 is 0.556 bits per heavy atom. The van der Waals surface area contributed by atoms with E-state index >= 15 is 0 Å². The second-order valence-corrected chi connectivity index (χ2v) is 9.95. The Kier molecular flexibility index (Phi) is 6.60. The van der Waals surface area contributed by atoms with E-state index in [0.717, 1.165) is 58.3 Å². The summed E-state index contributed by atoms with van der Waals surface area (Å²) in [6.45, 7) is 4.25. The van der Waals surface area contributed by atoms with Crippen LogP contribution >= 0.6 is 0 Å². The van der Waals surface area contributed by atoms with Crippen LogP contribution in [0.5, 0.6) is 23.0 Å². The fourth-order valence-corrected chi connectivity index (χ4v) is 5.35. The van der Waals surface area contributed by atoms with Crippen LogP contribution in [-0.2, 0) is 5.41 Å². The van der Waals surface area contributed by atoms with Gasteiger partial charge in [0.2, 0.25) is 0 Å². The lowest BCUT2D eigenvalue weighted by atomic mass is 9.65. The number of anilines is 2. The number of nitrogens with two attached hydrogens (primary N) is 2. The average molecular weight is 479 g/mol. The van der Waals surface area contributed by atoms with Crippen LogP contribution in [0, 0.1) is 13.8 Å². The Bertz CT molecular complexity index is 1240. The van der Waals surface area contributed by atoms with Crippen LogP contribution in [0.15, 0.2) is 84.9 Å². The van der Waals surface area contributed by atoms with Crippen LogP contribution < -0.4 is 20.9 Å². The average Bonchev–Trinajstić information content (AvgIpc) is 2.89. The number of nitrogen functional groups attached to an aromatic ring is 2. The molecule has 0 spiro atoms. The van der Waals surface area contributed by atoms with Crippen molar-refractivity contribution in [2.45, 2.75) is 51.4 Å². The Labute approximate surface area is 213 Å². The van der Waals surface area contributed by atoms with Crippen molar-refractivity contribution in [1.29, 1.82) is 0 Å². The molecular formula is C32H34N2O2. The first-order chi connectivity index (χ1) is 17.4. The molecule has 1 aliphatic carbocycles. The molecule has 0 unspecified atom stereocenters. The Morgan fingerprint density at radius 3 is 1.36 bits per heavy atom. The van der Waals surface area contributed by atoms with Crippen molar-refractivity contribution in [2.75, 3.05) is 11.5 Å². The maximum atomic E-state index is 6.16. The Hall–Kier alpha value is -3.92. The molecule has 0 amide bonds. The fourth-order valence-electron chi connectivity index (χ4n) is 5.35. The highest BCUT2D eigenvalue weighted by Crippen LogP contribution is 2.47. The summed E-state index contributed by atoms with van der Waals surface area (Å²) in [4.78, 5) is 0. The van der Waals surface area contributed by atoms with Crippen molar-refractivity contribution < 1.29 is 9.47 Å². The summed E-state index contributed by atoms with van der Waals surface area (Å²) in [5, 5.41) is 0. The molecule has 4 aromatic rings. The summed E-state index contributed by atoms with van der Waals surface area (Å²) in [5.41, 5.74) is 18.1. The molecule has 4 N–H and O–H groups in total. The first-order valence-corrected chi connectivity index (χ1v) is 12.7. The molecule has 0 radical (unpaired) electrons. The van der Waals surface area contributed by atoms with E-state index in [1.807, 2.05) is 48.5 Å². The van der Waals surface area contributed by atoms with Crippen molar-refractivity contribution >= 4 is 11.4 Å². The topological polar surface area (TPSA) is 70.5 Å². The minimum absolute atomic E-state index is 0.00672. The molecule has 1 fully saturated rings. The molecule has 0 atom stereocenters. The SMILES string of the molecule is Cc1cc(C2(c3ccc(Oc4ccc(N)cc4)c(C)c3)CCCCC2)ccc1Oc1ccc(N)cc1. The lowest BCUT2D eigenvalue weighted by Crippen LogP contribution is -2.30. The molecule has 1 aliphatic rings. The van der Waals surface area contributed by atoms with Crippen LogP contribution in [-0.4, -0.2) is 0 Å². The highest BCUT2D eigenvalue weighted by molar-refractivity contribution is 5.51. The molecule has 0 saturated heterocycles. The van der Waals surface area contributed by atoms with E-state index in [1.165, 1.54) is 30.4 Å². The van der Waals surface area contributed by atoms with E-state index in [4.69, 9.17) is 20.9 Å². The van der Waals surface area contributed by atoms with Gasteiger partial charge in [-0.2, -0.15) is 0 Å². The number of rotatable bonds is 6. The van der Waals surface area contributed by atoms with Crippen LogP contribution in [0.3, 0.4) is 0 Å². The van der Waals surface area contributed by atoms with Gasteiger partial charge in [-0.05, 0) is 110 Å². The molecule has 0 aromatic heterocycles. The van der Waals surface area contributed by atoms with Gasteiger partial charge in [-0.15, -0.1) is 0 Å². The Morgan fingerprint density at radius 2 is 0.972 bits per heavy atom. The summed E-state index contributed by atoms with van der Waals surface area (Å²) in [6.07, 6.45) is 6.03. The minimum atomic E-state index is -0.00672. The normalized spacial score (nSPS) is 14.8. The summed E-state index contributed by atoms with van der Waals surface area (Å²) in [5.74, 6) is 3.33. The first kappa shape index (κ1) is 23.8. The number of hydrogen-bond acceptors (Lipinski definition) is 4. The predicted octanol–water partition coefficient (Wildman–Crippen LogP) is 8.30. The quantitative estimate of drug-likeness (QED) is 0.273. The van der Waals surface area contributed by atoms with Crippen LogP contribution in [0.4, 0.5) is 11.4 Å². The molecule has 184 valence electrons. The summed E-state index contributed by atoms with van der Waals surface area (Å²) in [6, 6.07) is 28.4. The maximum Gasteiger partial charge on any atom is 0.130 e. The first-order valence-electron chi connectivity index (χ1n) is 12.7. The predicted molar refractivity (Wildman–Crippen MR) is 148 cm³/mol. The van der Waals surface area contributed by atoms with Gasteiger partial charge in [-0.1, -0.05) is 43.5 Å². The van der Waals surface area contributed by atoms with Gasteiger partial charge >= 0.3 is 0 Å².